The molecule has 100 valence electrons. The van der Waals surface area contributed by atoms with Crippen molar-refractivity contribution in [2.45, 2.75) is 83.5 Å². The Morgan fingerprint density at radius 3 is 2.65 bits per heavy atom. The predicted octanol–water partition coefficient (Wildman–Crippen LogP) is 3.50. The second kappa shape index (κ2) is 6.75. The van der Waals surface area contributed by atoms with Crippen LogP contribution in [0.2, 0.25) is 0 Å². The quantitative estimate of drug-likeness (QED) is 0.793. The van der Waals surface area contributed by atoms with E-state index >= 15 is 0 Å². The third-order valence-electron chi connectivity index (χ3n) is 4.45. The van der Waals surface area contributed by atoms with Crippen molar-refractivity contribution in [1.82, 2.24) is 5.32 Å². The monoisotopic (exact) mass is 239 g/mol. The van der Waals surface area contributed by atoms with Crippen LogP contribution in [-0.2, 0) is 4.74 Å². The van der Waals surface area contributed by atoms with Gasteiger partial charge >= 0.3 is 0 Å². The second-order valence-corrected chi connectivity index (χ2v) is 5.99. The SMILES string of the molecule is CCCNC1CCCCC1CC1CCC(C)O1. The Balaban J connectivity index is 1.79. The maximum absolute atomic E-state index is 5.99. The summed E-state index contributed by atoms with van der Waals surface area (Å²) in [6.07, 6.45) is 11.8. The summed E-state index contributed by atoms with van der Waals surface area (Å²) in [5.74, 6) is 0.866. The summed E-state index contributed by atoms with van der Waals surface area (Å²) in [5.41, 5.74) is 0. The van der Waals surface area contributed by atoms with Gasteiger partial charge < -0.3 is 10.1 Å². The fourth-order valence-corrected chi connectivity index (χ4v) is 3.48. The minimum atomic E-state index is 0.505. The van der Waals surface area contributed by atoms with E-state index in [1.165, 1.54) is 57.9 Å². The highest BCUT2D eigenvalue weighted by Gasteiger charge is 2.30. The van der Waals surface area contributed by atoms with Crippen molar-refractivity contribution < 1.29 is 4.74 Å². The Bertz CT molecular complexity index is 219. The van der Waals surface area contributed by atoms with E-state index in [1.54, 1.807) is 0 Å². The lowest BCUT2D eigenvalue weighted by atomic mass is 9.80. The molecule has 2 fully saturated rings. The number of hydrogen-bond donors (Lipinski definition) is 1. The lowest BCUT2D eigenvalue weighted by molar-refractivity contribution is 0.0323. The van der Waals surface area contributed by atoms with Crippen LogP contribution in [0.25, 0.3) is 0 Å². The van der Waals surface area contributed by atoms with Gasteiger partial charge in [0.2, 0.25) is 0 Å². The minimum Gasteiger partial charge on any atom is -0.375 e. The molecule has 0 aromatic carbocycles. The molecule has 4 unspecified atom stereocenters. The Morgan fingerprint density at radius 2 is 1.94 bits per heavy atom. The largest absolute Gasteiger partial charge is 0.375 e. The molecular weight excluding hydrogens is 210 g/mol. The van der Waals surface area contributed by atoms with E-state index in [9.17, 15) is 0 Å². The van der Waals surface area contributed by atoms with Gasteiger partial charge in [0, 0.05) is 6.04 Å². The lowest BCUT2D eigenvalue weighted by Crippen LogP contribution is -2.40. The van der Waals surface area contributed by atoms with Gasteiger partial charge in [0.25, 0.3) is 0 Å². The average Bonchev–Trinajstić information content (AvgIpc) is 2.74. The van der Waals surface area contributed by atoms with Crippen LogP contribution in [0.5, 0.6) is 0 Å². The number of ether oxygens (including phenoxy) is 1. The van der Waals surface area contributed by atoms with E-state index in [1.807, 2.05) is 0 Å². The molecule has 0 aromatic rings. The first-order valence-corrected chi connectivity index (χ1v) is 7.68. The van der Waals surface area contributed by atoms with Crippen LogP contribution in [0, 0.1) is 5.92 Å². The summed E-state index contributed by atoms with van der Waals surface area (Å²) in [5, 5.41) is 3.75. The summed E-state index contributed by atoms with van der Waals surface area (Å²) in [7, 11) is 0. The van der Waals surface area contributed by atoms with E-state index < -0.39 is 0 Å². The maximum atomic E-state index is 5.99. The van der Waals surface area contributed by atoms with Gasteiger partial charge in [0.15, 0.2) is 0 Å². The minimum absolute atomic E-state index is 0.505. The van der Waals surface area contributed by atoms with Gasteiger partial charge in [-0.3, -0.25) is 0 Å². The van der Waals surface area contributed by atoms with Gasteiger partial charge in [-0.2, -0.15) is 0 Å². The molecular formula is C15H29NO. The van der Waals surface area contributed by atoms with Gasteiger partial charge in [0.1, 0.15) is 0 Å². The Hall–Kier alpha value is -0.0800. The normalized spacial score (nSPS) is 38.5. The molecule has 1 aliphatic carbocycles. The molecule has 1 heterocycles. The molecule has 17 heavy (non-hydrogen) atoms. The van der Waals surface area contributed by atoms with E-state index in [-0.39, 0.29) is 0 Å². The van der Waals surface area contributed by atoms with Crippen molar-refractivity contribution in [3.63, 3.8) is 0 Å². The molecule has 2 heteroatoms. The lowest BCUT2D eigenvalue weighted by Gasteiger charge is -2.34. The Kier molecular flexibility index (Phi) is 5.30. The zero-order chi connectivity index (χ0) is 12.1. The molecule has 1 saturated heterocycles. The first-order chi connectivity index (χ1) is 8.29. The van der Waals surface area contributed by atoms with Gasteiger partial charge in [-0.1, -0.05) is 19.8 Å². The van der Waals surface area contributed by atoms with Crippen molar-refractivity contribution >= 4 is 0 Å². The van der Waals surface area contributed by atoms with Crippen molar-refractivity contribution in [3.8, 4) is 0 Å². The summed E-state index contributed by atoms with van der Waals surface area (Å²) in [6.45, 7) is 5.66. The molecule has 1 N–H and O–H groups in total. The van der Waals surface area contributed by atoms with Gasteiger partial charge in [-0.05, 0) is 57.9 Å². The standard InChI is InChI=1S/C15H29NO/c1-3-10-16-15-7-5-4-6-13(15)11-14-9-8-12(2)17-14/h12-16H,3-11H2,1-2H3. The van der Waals surface area contributed by atoms with Crippen LogP contribution in [0.15, 0.2) is 0 Å². The molecule has 0 amide bonds. The fourth-order valence-electron chi connectivity index (χ4n) is 3.48. The van der Waals surface area contributed by atoms with E-state index in [4.69, 9.17) is 4.74 Å². The molecule has 2 aliphatic rings. The summed E-state index contributed by atoms with van der Waals surface area (Å²) in [6, 6.07) is 0.767. The molecule has 2 nitrogen and oxygen atoms in total. The van der Waals surface area contributed by atoms with Gasteiger partial charge in [0.05, 0.1) is 12.2 Å². The Morgan fingerprint density at radius 1 is 1.12 bits per heavy atom. The third-order valence-corrected chi connectivity index (χ3v) is 4.45. The predicted molar refractivity (Wildman–Crippen MR) is 72.2 cm³/mol. The first-order valence-electron chi connectivity index (χ1n) is 7.68. The van der Waals surface area contributed by atoms with Crippen LogP contribution in [-0.4, -0.2) is 24.8 Å². The maximum Gasteiger partial charge on any atom is 0.0583 e. The highest BCUT2D eigenvalue weighted by atomic mass is 16.5. The zero-order valence-corrected chi connectivity index (χ0v) is 11.6. The van der Waals surface area contributed by atoms with Crippen molar-refractivity contribution in [3.05, 3.63) is 0 Å². The molecule has 0 aromatic heterocycles. The van der Waals surface area contributed by atoms with Crippen LogP contribution in [0.3, 0.4) is 0 Å². The fraction of sp³-hybridized carbons (Fsp3) is 1.00. The molecule has 0 spiro atoms. The molecule has 2 rings (SSSR count). The summed E-state index contributed by atoms with van der Waals surface area (Å²) < 4.78 is 5.99. The van der Waals surface area contributed by atoms with Crippen LogP contribution in [0.4, 0.5) is 0 Å². The van der Waals surface area contributed by atoms with Crippen molar-refractivity contribution in [1.29, 1.82) is 0 Å². The van der Waals surface area contributed by atoms with Crippen molar-refractivity contribution in [2.24, 2.45) is 5.92 Å². The van der Waals surface area contributed by atoms with Crippen LogP contribution < -0.4 is 5.32 Å². The molecule has 1 saturated carbocycles. The highest BCUT2D eigenvalue weighted by molar-refractivity contribution is 4.84. The molecule has 0 bridgehead atoms. The molecule has 1 aliphatic heterocycles. The third kappa shape index (κ3) is 3.96. The summed E-state index contributed by atoms with van der Waals surface area (Å²) in [4.78, 5) is 0. The Labute approximate surface area is 107 Å². The second-order valence-electron chi connectivity index (χ2n) is 5.99. The van der Waals surface area contributed by atoms with Crippen molar-refractivity contribution in [2.75, 3.05) is 6.54 Å². The molecule has 4 atom stereocenters. The van der Waals surface area contributed by atoms with E-state index in [2.05, 4.69) is 19.2 Å². The van der Waals surface area contributed by atoms with Gasteiger partial charge in [-0.15, -0.1) is 0 Å². The van der Waals surface area contributed by atoms with E-state index in [0.29, 0.717) is 12.2 Å². The van der Waals surface area contributed by atoms with E-state index in [0.717, 1.165) is 12.0 Å². The first kappa shape index (κ1) is 13.4. The average molecular weight is 239 g/mol. The topological polar surface area (TPSA) is 21.3 Å². The highest BCUT2D eigenvalue weighted by Crippen LogP contribution is 2.32. The number of nitrogens with one attached hydrogen (secondary N) is 1. The van der Waals surface area contributed by atoms with Crippen LogP contribution >= 0.6 is 0 Å². The van der Waals surface area contributed by atoms with Gasteiger partial charge in [-0.25, -0.2) is 0 Å². The number of rotatable bonds is 5. The van der Waals surface area contributed by atoms with Crippen LogP contribution in [0.1, 0.15) is 65.2 Å². The zero-order valence-electron chi connectivity index (χ0n) is 11.6. The smallest absolute Gasteiger partial charge is 0.0583 e. The number of hydrogen-bond acceptors (Lipinski definition) is 2. The molecule has 0 radical (unpaired) electrons. The summed E-state index contributed by atoms with van der Waals surface area (Å²) >= 11 is 0.